The van der Waals surface area contributed by atoms with Crippen molar-refractivity contribution in [3.8, 4) is 0 Å². The summed E-state index contributed by atoms with van der Waals surface area (Å²) in [7, 11) is 0. The van der Waals surface area contributed by atoms with Gasteiger partial charge in [-0.1, -0.05) is 24.3 Å². The zero-order valence-corrected chi connectivity index (χ0v) is 17.4. The summed E-state index contributed by atoms with van der Waals surface area (Å²) in [5.41, 5.74) is 0. The molecular formula is C24H34N2O3. The van der Waals surface area contributed by atoms with E-state index in [2.05, 4.69) is 26.3 Å². The Morgan fingerprint density at radius 2 is 1.38 bits per heavy atom. The van der Waals surface area contributed by atoms with Crippen LogP contribution in [0.3, 0.4) is 0 Å². The summed E-state index contributed by atoms with van der Waals surface area (Å²) in [6.45, 7) is 17.1. The third-order valence-corrected chi connectivity index (χ3v) is 7.01. The molecule has 0 aliphatic heterocycles. The maximum absolute atomic E-state index is 13.0. The zero-order valence-electron chi connectivity index (χ0n) is 17.4. The fourth-order valence-corrected chi connectivity index (χ4v) is 6.00. The molecule has 3 saturated carbocycles. The van der Waals surface area contributed by atoms with Crippen LogP contribution in [-0.2, 0) is 14.4 Å². The first-order valence-corrected chi connectivity index (χ1v) is 10.7. The van der Waals surface area contributed by atoms with Crippen molar-refractivity contribution in [1.29, 1.82) is 0 Å². The minimum Gasteiger partial charge on any atom is -0.367 e. The van der Waals surface area contributed by atoms with Crippen molar-refractivity contribution in [1.82, 2.24) is 9.96 Å². The van der Waals surface area contributed by atoms with Gasteiger partial charge in [-0.25, -0.2) is 0 Å². The van der Waals surface area contributed by atoms with Gasteiger partial charge < -0.3 is 9.74 Å². The lowest BCUT2D eigenvalue weighted by atomic mass is 9.76. The second kappa shape index (κ2) is 9.57. The Hall–Kier alpha value is -2.14. The zero-order chi connectivity index (χ0) is 21.0. The van der Waals surface area contributed by atoms with E-state index in [1.807, 2.05) is 4.90 Å². The van der Waals surface area contributed by atoms with Crippen LogP contribution in [0.5, 0.6) is 0 Å². The quantitative estimate of drug-likeness (QED) is 0.394. The van der Waals surface area contributed by atoms with Gasteiger partial charge in [-0.15, -0.1) is 31.4 Å². The number of fused-ring (bicyclic) bond motifs is 5. The number of carbonyl (C=O) groups excluding carboxylic acids is 2. The van der Waals surface area contributed by atoms with Gasteiger partial charge in [-0.05, 0) is 49.4 Å². The van der Waals surface area contributed by atoms with Crippen molar-refractivity contribution in [2.75, 3.05) is 26.2 Å². The summed E-state index contributed by atoms with van der Waals surface area (Å²) in [6, 6.07) is 0. The Morgan fingerprint density at radius 3 is 1.97 bits per heavy atom. The molecule has 6 unspecified atom stereocenters. The normalized spacial score (nSPS) is 31.9. The number of nitrogens with zero attached hydrogens (tertiary/aromatic N) is 2. The molecule has 0 spiro atoms. The van der Waals surface area contributed by atoms with E-state index >= 15 is 0 Å². The smallest absolute Gasteiger partial charge is 0.328 e. The van der Waals surface area contributed by atoms with Crippen molar-refractivity contribution >= 4 is 11.9 Å². The standard InChI is InChI=1S/C24H34N2O3/c1-5-9-25(10-6-2)23(27)18-15-19-17-13-21(20(19)16-18)22(14-17)24(28)29-26(11-7-3)12-8-4/h5-8,17-22H,1-4,9-16H2. The van der Waals surface area contributed by atoms with E-state index in [4.69, 9.17) is 4.84 Å². The molecule has 3 aliphatic rings. The monoisotopic (exact) mass is 398 g/mol. The molecule has 158 valence electrons. The summed E-state index contributed by atoms with van der Waals surface area (Å²) in [4.78, 5) is 33.3. The maximum Gasteiger partial charge on any atom is 0.328 e. The lowest BCUT2D eigenvalue weighted by molar-refractivity contribution is -0.193. The molecule has 5 heteroatoms. The van der Waals surface area contributed by atoms with Gasteiger partial charge in [0.05, 0.1) is 19.0 Å². The van der Waals surface area contributed by atoms with Gasteiger partial charge in [0.1, 0.15) is 0 Å². The topological polar surface area (TPSA) is 49.9 Å². The first kappa shape index (κ1) is 21.6. The Labute approximate surface area is 174 Å². The predicted octanol–water partition coefficient (Wildman–Crippen LogP) is 3.62. The molecule has 0 aromatic heterocycles. The summed E-state index contributed by atoms with van der Waals surface area (Å²) in [6.07, 6.45) is 10.8. The van der Waals surface area contributed by atoms with E-state index in [-0.39, 0.29) is 23.7 Å². The van der Waals surface area contributed by atoms with E-state index in [1.165, 1.54) is 0 Å². The van der Waals surface area contributed by atoms with Crippen LogP contribution in [0, 0.1) is 35.5 Å². The van der Waals surface area contributed by atoms with Crippen LogP contribution >= 0.6 is 0 Å². The van der Waals surface area contributed by atoms with E-state index in [0.29, 0.717) is 49.9 Å². The number of rotatable bonds is 11. The Bertz CT molecular complexity index is 653. The molecule has 3 rings (SSSR count). The summed E-state index contributed by atoms with van der Waals surface area (Å²) in [5.74, 6) is 2.01. The molecule has 29 heavy (non-hydrogen) atoms. The minimum atomic E-state index is -0.130. The minimum absolute atomic E-state index is 0.0512. The van der Waals surface area contributed by atoms with Crippen LogP contribution in [0.25, 0.3) is 0 Å². The highest BCUT2D eigenvalue weighted by molar-refractivity contribution is 5.80. The number of hydrogen-bond acceptors (Lipinski definition) is 4. The Morgan fingerprint density at radius 1 is 0.793 bits per heavy atom. The van der Waals surface area contributed by atoms with Crippen molar-refractivity contribution in [3.05, 3.63) is 50.6 Å². The van der Waals surface area contributed by atoms with Gasteiger partial charge in [0.2, 0.25) is 5.91 Å². The summed E-state index contributed by atoms with van der Waals surface area (Å²) < 4.78 is 0. The van der Waals surface area contributed by atoms with Gasteiger partial charge in [0, 0.05) is 19.0 Å². The van der Waals surface area contributed by atoms with Crippen LogP contribution in [-0.4, -0.2) is 48.0 Å². The average Bonchev–Trinajstić information content (AvgIpc) is 3.39. The molecule has 0 aromatic carbocycles. The number of carbonyl (C=O) groups is 2. The van der Waals surface area contributed by atoms with Crippen molar-refractivity contribution in [2.45, 2.75) is 25.7 Å². The first-order valence-electron chi connectivity index (χ1n) is 10.7. The molecule has 3 aliphatic carbocycles. The highest BCUT2D eigenvalue weighted by atomic mass is 16.7. The van der Waals surface area contributed by atoms with Crippen LogP contribution in [0.1, 0.15) is 25.7 Å². The van der Waals surface area contributed by atoms with Crippen molar-refractivity contribution < 1.29 is 14.4 Å². The van der Waals surface area contributed by atoms with E-state index < -0.39 is 0 Å². The Balaban J connectivity index is 1.62. The molecule has 0 saturated heterocycles. The summed E-state index contributed by atoms with van der Waals surface area (Å²) >= 11 is 0. The number of hydroxylamine groups is 2. The molecule has 3 fully saturated rings. The first-order chi connectivity index (χ1) is 14.0. The van der Waals surface area contributed by atoms with Crippen LogP contribution in [0.2, 0.25) is 0 Å². The molecule has 2 bridgehead atoms. The molecule has 6 atom stereocenters. The SMILES string of the molecule is C=CCN(CC=C)OC(=O)C1CC2CC1C1CC(C(=O)N(CC=C)CC=C)CC21. The fraction of sp³-hybridized carbons (Fsp3) is 0.583. The second-order valence-electron chi connectivity index (χ2n) is 8.65. The van der Waals surface area contributed by atoms with Crippen LogP contribution in [0.15, 0.2) is 50.6 Å². The van der Waals surface area contributed by atoms with Gasteiger partial charge >= 0.3 is 5.97 Å². The fourth-order valence-electron chi connectivity index (χ4n) is 6.00. The van der Waals surface area contributed by atoms with E-state index in [9.17, 15) is 9.59 Å². The van der Waals surface area contributed by atoms with Gasteiger partial charge in [-0.2, -0.15) is 0 Å². The van der Waals surface area contributed by atoms with E-state index in [0.717, 1.165) is 25.7 Å². The third-order valence-electron chi connectivity index (χ3n) is 7.01. The Kier molecular flexibility index (Phi) is 7.12. The number of hydrogen-bond donors (Lipinski definition) is 0. The van der Waals surface area contributed by atoms with Crippen LogP contribution in [0.4, 0.5) is 0 Å². The second-order valence-corrected chi connectivity index (χ2v) is 8.65. The number of amides is 1. The molecule has 1 amide bonds. The summed E-state index contributed by atoms with van der Waals surface area (Å²) in [5, 5.41) is 1.61. The maximum atomic E-state index is 13.0. The lowest BCUT2D eigenvalue weighted by Crippen LogP contribution is -2.36. The van der Waals surface area contributed by atoms with Crippen LogP contribution < -0.4 is 0 Å². The highest BCUT2D eigenvalue weighted by Gasteiger charge is 2.59. The van der Waals surface area contributed by atoms with E-state index in [1.54, 1.807) is 29.4 Å². The van der Waals surface area contributed by atoms with Gasteiger partial charge in [0.25, 0.3) is 0 Å². The third kappa shape index (κ3) is 4.40. The van der Waals surface area contributed by atoms with Crippen molar-refractivity contribution in [2.24, 2.45) is 35.5 Å². The molecule has 0 radical (unpaired) electrons. The average molecular weight is 399 g/mol. The molecule has 0 heterocycles. The predicted molar refractivity (Wildman–Crippen MR) is 114 cm³/mol. The van der Waals surface area contributed by atoms with Gasteiger partial charge in [0.15, 0.2) is 0 Å². The molecule has 0 aromatic rings. The highest BCUT2D eigenvalue weighted by Crippen LogP contribution is 2.62. The molecule has 0 N–H and O–H groups in total. The van der Waals surface area contributed by atoms with Crippen molar-refractivity contribution in [3.63, 3.8) is 0 Å². The molecular weight excluding hydrogens is 364 g/mol. The van der Waals surface area contributed by atoms with Gasteiger partial charge in [-0.3, -0.25) is 9.59 Å². The largest absolute Gasteiger partial charge is 0.367 e. The lowest BCUT2D eigenvalue weighted by Gasteiger charge is -2.31. The molecule has 5 nitrogen and oxygen atoms in total.